The van der Waals surface area contributed by atoms with Crippen molar-refractivity contribution in [1.29, 1.82) is 0 Å². The van der Waals surface area contributed by atoms with Crippen LogP contribution < -0.4 is 5.32 Å². The van der Waals surface area contributed by atoms with E-state index in [0.29, 0.717) is 19.8 Å². The van der Waals surface area contributed by atoms with Crippen LogP contribution in [0.25, 0.3) is 0 Å². The van der Waals surface area contributed by atoms with Gasteiger partial charge in [0.2, 0.25) is 5.13 Å². The number of ether oxygens (including phenoxy) is 3. The topological polar surface area (TPSA) is 65.5 Å². The summed E-state index contributed by atoms with van der Waals surface area (Å²) in [5, 5.41) is 3.99. The predicted molar refractivity (Wildman–Crippen MR) is 69.0 cm³/mol. The molecule has 0 spiro atoms. The largest absolute Gasteiger partial charge is 0.383 e. The minimum atomic E-state index is -0.379. The Hall–Kier alpha value is -0.760. The number of nitrogens with one attached hydrogen (secondary N) is 1. The van der Waals surface area contributed by atoms with Gasteiger partial charge < -0.3 is 19.5 Å². The first-order valence-corrected chi connectivity index (χ1v) is 6.78. The van der Waals surface area contributed by atoms with Gasteiger partial charge in [0, 0.05) is 58.4 Å². The SMILES string of the molecule is COCCNc1nc(C2(OC)CCOCC2)ns1. The second-order valence-corrected chi connectivity index (χ2v) is 4.91. The molecule has 1 aliphatic rings. The fourth-order valence-electron chi connectivity index (χ4n) is 1.96. The lowest BCUT2D eigenvalue weighted by Gasteiger charge is -2.33. The molecule has 0 amide bonds. The molecule has 0 aromatic carbocycles. The summed E-state index contributed by atoms with van der Waals surface area (Å²) in [6.07, 6.45) is 1.61. The van der Waals surface area contributed by atoms with Crippen molar-refractivity contribution in [2.45, 2.75) is 18.4 Å². The minimum Gasteiger partial charge on any atom is -0.383 e. The Balaban J connectivity index is 2.02. The maximum Gasteiger partial charge on any atom is 0.202 e. The molecule has 2 rings (SSSR count). The Labute approximate surface area is 111 Å². The van der Waals surface area contributed by atoms with Gasteiger partial charge in [0.25, 0.3) is 0 Å². The number of hydrogen-bond donors (Lipinski definition) is 1. The van der Waals surface area contributed by atoms with Crippen LogP contribution in [-0.2, 0) is 19.8 Å². The fraction of sp³-hybridized carbons (Fsp3) is 0.818. The highest BCUT2D eigenvalue weighted by molar-refractivity contribution is 7.09. The summed E-state index contributed by atoms with van der Waals surface area (Å²) >= 11 is 1.36. The second-order valence-electron chi connectivity index (χ2n) is 4.15. The van der Waals surface area contributed by atoms with E-state index in [4.69, 9.17) is 14.2 Å². The molecule has 6 nitrogen and oxygen atoms in total. The summed E-state index contributed by atoms with van der Waals surface area (Å²) in [6, 6.07) is 0. The van der Waals surface area contributed by atoms with Gasteiger partial charge in [0.1, 0.15) is 5.60 Å². The molecule has 1 N–H and O–H groups in total. The molecule has 1 fully saturated rings. The average Bonchev–Trinajstić information content (AvgIpc) is 2.89. The molecule has 0 aliphatic carbocycles. The third kappa shape index (κ3) is 2.97. The molecular weight excluding hydrogens is 254 g/mol. The van der Waals surface area contributed by atoms with Gasteiger partial charge in [0.15, 0.2) is 5.82 Å². The van der Waals surface area contributed by atoms with E-state index in [-0.39, 0.29) is 5.60 Å². The summed E-state index contributed by atoms with van der Waals surface area (Å²) in [6.45, 7) is 2.77. The van der Waals surface area contributed by atoms with Gasteiger partial charge in [-0.1, -0.05) is 0 Å². The molecule has 1 aromatic heterocycles. The molecule has 0 bridgehead atoms. The quantitative estimate of drug-likeness (QED) is 0.787. The van der Waals surface area contributed by atoms with Gasteiger partial charge in [-0.3, -0.25) is 0 Å². The molecule has 7 heteroatoms. The first kappa shape index (κ1) is 13.7. The van der Waals surface area contributed by atoms with E-state index in [1.807, 2.05) is 0 Å². The van der Waals surface area contributed by atoms with Crippen LogP contribution in [0.4, 0.5) is 5.13 Å². The van der Waals surface area contributed by atoms with E-state index in [0.717, 1.165) is 30.3 Å². The molecule has 18 heavy (non-hydrogen) atoms. The van der Waals surface area contributed by atoms with E-state index in [1.54, 1.807) is 14.2 Å². The average molecular weight is 273 g/mol. The molecular formula is C11H19N3O3S. The van der Waals surface area contributed by atoms with E-state index in [2.05, 4.69) is 14.7 Å². The summed E-state index contributed by atoms with van der Waals surface area (Å²) in [5.74, 6) is 0.762. The Morgan fingerprint density at radius 2 is 2.17 bits per heavy atom. The normalized spacial score (nSPS) is 18.8. The van der Waals surface area contributed by atoms with Crippen LogP contribution in [0.2, 0.25) is 0 Å². The van der Waals surface area contributed by atoms with Crippen molar-refractivity contribution in [2.24, 2.45) is 0 Å². The molecule has 1 aromatic rings. The molecule has 0 radical (unpaired) electrons. The number of methoxy groups -OCH3 is 2. The summed E-state index contributed by atoms with van der Waals surface area (Å²) in [5.41, 5.74) is -0.379. The lowest BCUT2D eigenvalue weighted by Crippen LogP contribution is -2.36. The number of aromatic nitrogens is 2. The highest BCUT2D eigenvalue weighted by atomic mass is 32.1. The predicted octanol–water partition coefficient (Wildman–Crippen LogP) is 1.25. The van der Waals surface area contributed by atoms with Crippen molar-refractivity contribution in [3.05, 3.63) is 5.82 Å². The number of anilines is 1. The highest BCUT2D eigenvalue weighted by Gasteiger charge is 2.38. The van der Waals surface area contributed by atoms with Crippen LogP contribution in [0.5, 0.6) is 0 Å². The van der Waals surface area contributed by atoms with Crippen LogP contribution in [-0.4, -0.2) is 49.9 Å². The van der Waals surface area contributed by atoms with Crippen LogP contribution >= 0.6 is 11.5 Å². The van der Waals surface area contributed by atoms with Gasteiger partial charge >= 0.3 is 0 Å². The van der Waals surface area contributed by atoms with Gasteiger partial charge in [-0.2, -0.15) is 4.37 Å². The Morgan fingerprint density at radius 3 is 2.83 bits per heavy atom. The van der Waals surface area contributed by atoms with Crippen LogP contribution in [0, 0.1) is 0 Å². The van der Waals surface area contributed by atoms with Gasteiger partial charge in [0.05, 0.1) is 6.61 Å². The van der Waals surface area contributed by atoms with Gasteiger partial charge in [-0.25, -0.2) is 4.98 Å². The third-order valence-corrected chi connectivity index (χ3v) is 3.78. The minimum absolute atomic E-state index is 0.379. The molecule has 102 valence electrons. The Bertz CT molecular complexity index is 366. The van der Waals surface area contributed by atoms with Crippen molar-refractivity contribution in [3.8, 4) is 0 Å². The second kappa shape index (κ2) is 6.42. The molecule has 1 aliphatic heterocycles. The van der Waals surface area contributed by atoms with E-state index in [1.165, 1.54) is 11.5 Å². The van der Waals surface area contributed by atoms with Crippen molar-refractivity contribution in [2.75, 3.05) is 45.9 Å². The lowest BCUT2D eigenvalue weighted by atomic mass is 9.93. The monoisotopic (exact) mass is 273 g/mol. The first-order chi connectivity index (χ1) is 8.80. The summed E-state index contributed by atoms with van der Waals surface area (Å²) < 4.78 is 20.4. The van der Waals surface area contributed by atoms with E-state index >= 15 is 0 Å². The maximum absolute atomic E-state index is 5.65. The number of rotatable bonds is 6. The number of hydrogen-bond acceptors (Lipinski definition) is 7. The standard InChI is InChI=1S/C11H19N3O3S/c1-15-8-5-12-10-13-9(14-18-10)11(16-2)3-6-17-7-4-11/h3-8H2,1-2H3,(H,12,13,14). The first-order valence-electron chi connectivity index (χ1n) is 6.00. The highest BCUT2D eigenvalue weighted by Crippen LogP contribution is 2.34. The zero-order chi connectivity index (χ0) is 12.8. The van der Waals surface area contributed by atoms with Crippen LogP contribution in [0.1, 0.15) is 18.7 Å². The van der Waals surface area contributed by atoms with E-state index < -0.39 is 0 Å². The lowest BCUT2D eigenvalue weighted by molar-refractivity contribution is -0.0993. The Morgan fingerprint density at radius 1 is 1.39 bits per heavy atom. The summed E-state index contributed by atoms with van der Waals surface area (Å²) in [4.78, 5) is 4.51. The molecule has 0 unspecified atom stereocenters. The molecule has 2 heterocycles. The summed E-state index contributed by atoms with van der Waals surface area (Å²) in [7, 11) is 3.39. The third-order valence-electron chi connectivity index (χ3n) is 3.11. The Kier molecular flexibility index (Phi) is 4.87. The van der Waals surface area contributed by atoms with Crippen molar-refractivity contribution < 1.29 is 14.2 Å². The number of nitrogens with zero attached hydrogens (tertiary/aromatic N) is 2. The fourth-order valence-corrected chi connectivity index (χ4v) is 2.63. The molecule has 0 atom stereocenters. The van der Waals surface area contributed by atoms with Crippen molar-refractivity contribution in [3.63, 3.8) is 0 Å². The molecule has 1 saturated heterocycles. The van der Waals surface area contributed by atoms with Gasteiger partial charge in [-0.15, -0.1) is 0 Å². The van der Waals surface area contributed by atoms with E-state index in [9.17, 15) is 0 Å². The maximum atomic E-state index is 5.65. The van der Waals surface area contributed by atoms with Gasteiger partial charge in [-0.05, 0) is 0 Å². The molecule has 0 saturated carbocycles. The zero-order valence-corrected chi connectivity index (χ0v) is 11.6. The van der Waals surface area contributed by atoms with Crippen molar-refractivity contribution in [1.82, 2.24) is 9.36 Å². The van der Waals surface area contributed by atoms with Crippen LogP contribution in [0.15, 0.2) is 0 Å². The zero-order valence-electron chi connectivity index (χ0n) is 10.8. The van der Waals surface area contributed by atoms with Crippen LogP contribution in [0.3, 0.4) is 0 Å². The van der Waals surface area contributed by atoms with Crippen molar-refractivity contribution >= 4 is 16.7 Å². The smallest absolute Gasteiger partial charge is 0.202 e.